The standard InChI is InChI=1S/C19H13ClF2N2O2/c20-16-9-13(21)4-5-15(16)19(25)24-10-12-3-6-18(17(22)8-12)26-14-2-1-7-23-11-14/h1-9,11H,10H2,(H,24,25). The summed E-state index contributed by atoms with van der Waals surface area (Å²) in [5, 5.41) is 2.62. The van der Waals surface area contributed by atoms with Gasteiger partial charge >= 0.3 is 0 Å². The molecule has 1 amide bonds. The van der Waals surface area contributed by atoms with Gasteiger partial charge in [0.25, 0.3) is 5.91 Å². The normalized spacial score (nSPS) is 10.4. The lowest BCUT2D eigenvalue weighted by molar-refractivity contribution is 0.0951. The van der Waals surface area contributed by atoms with Gasteiger partial charge in [-0.05, 0) is 48.0 Å². The van der Waals surface area contributed by atoms with E-state index in [1.165, 1.54) is 24.4 Å². The first kappa shape index (κ1) is 17.8. The molecule has 1 aromatic heterocycles. The van der Waals surface area contributed by atoms with Crippen molar-refractivity contribution < 1.29 is 18.3 Å². The van der Waals surface area contributed by atoms with Crippen LogP contribution < -0.4 is 10.1 Å². The summed E-state index contributed by atoms with van der Waals surface area (Å²) >= 11 is 5.85. The molecule has 0 saturated heterocycles. The molecule has 1 heterocycles. The van der Waals surface area contributed by atoms with E-state index >= 15 is 0 Å². The molecule has 0 atom stereocenters. The highest BCUT2D eigenvalue weighted by molar-refractivity contribution is 6.33. The summed E-state index contributed by atoms with van der Waals surface area (Å²) in [7, 11) is 0. The second-order valence-corrected chi connectivity index (χ2v) is 5.77. The lowest BCUT2D eigenvalue weighted by atomic mass is 10.1. The number of ether oxygens (including phenoxy) is 1. The Hall–Kier alpha value is -2.99. The predicted octanol–water partition coefficient (Wildman–Crippen LogP) is 4.74. The minimum atomic E-state index is -0.569. The van der Waals surface area contributed by atoms with Crippen LogP contribution in [0.2, 0.25) is 5.02 Å². The molecule has 0 saturated carbocycles. The smallest absolute Gasteiger partial charge is 0.253 e. The molecule has 7 heteroatoms. The second kappa shape index (κ2) is 7.93. The van der Waals surface area contributed by atoms with Crippen molar-refractivity contribution in [1.29, 1.82) is 0 Å². The average molecular weight is 375 g/mol. The maximum atomic E-state index is 14.2. The Morgan fingerprint density at radius 1 is 1.15 bits per heavy atom. The monoisotopic (exact) mass is 374 g/mol. The van der Waals surface area contributed by atoms with Crippen molar-refractivity contribution in [2.75, 3.05) is 0 Å². The van der Waals surface area contributed by atoms with Crippen LogP contribution in [0.1, 0.15) is 15.9 Å². The van der Waals surface area contributed by atoms with E-state index in [-0.39, 0.29) is 22.9 Å². The number of hydrogen-bond acceptors (Lipinski definition) is 3. The summed E-state index contributed by atoms with van der Waals surface area (Å²) in [4.78, 5) is 16.0. The van der Waals surface area contributed by atoms with E-state index in [0.717, 1.165) is 12.1 Å². The fourth-order valence-electron chi connectivity index (χ4n) is 2.22. The Kier molecular flexibility index (Phi) is 5.43. The number of benzene rings is 2. The van der Waals surface area contributed by atoms with Gasteiger partial charge in [0.1, 0.15) is 11.6 Å². The largest absolute Gasteiger partial charge is 0.453 e. The number of carbonyl (C=O) groups excluding carboxylic acids is 1. The minimum absolute atomic E-state index is 0.00824. The molecule has 2 aromatic carbocycles. The molecule has 0 fully saturated rings. The number of rotatable bonds is 5. The minimum Gasteiger partial charge on any atom is -0.453 e. The van der Waals surface area contributed by atoms with Crippen molar-refractivity contribution in [3.63, 3.8) is 0 Å². The van der Waals surface area contributed by atoms with Crippen LogP contribution in [-0.4, -0.2) is 10.9 Å². The number of pyridine rings is 1. The van der Waals surface area contributed by atoms with Crippen molar-refractivity contribution in [2.24, 2.45) is 0 Å². The zero-order valence-electron chi connectivity index (χ0n) is 13.4. The summed E-state index contributed by atoms with van der Waals surface area (Å²) in [6.07, 6.45) is 3.06. The molecule has 4 nitrogen and oxygen atoms in total. The topological polar surface area (TPSA) is 51.2 Å². The van der Waals surface area contributed by atoms with E-state index in [0.29, 0.717) is 11.3 Å². The average Bonchev–Trinajstić information content (AvgIpc) is 2.62. The van der Waals surface area contributed by atoms with Crippen LogP contribution in [0.3, 0.4) is 0 Å². The fourth-order valence-corrected chi connectivity index (χ4v) is 2.48. The van der Waals surface area contributed by atoms with Crippen LogP contribution >= 0.6 is 11.6 Å². The van der Waals surface area contributed by atoms with Crippen LogP contribution in [0.5, 0.6) is 11.5 Å². The third kappa shape index (κ3) is 4.34. The number of amides is 1. The third-order valence-corrected chi connectivity index (χ3v) is 3.80. The van der Waals surface area contributed by atoms with E-state index in [1.54, 1.807) is 24.4 Å². The summed E-state index contributed by atoms with van der Waals surface area (Å²) in [6.45, 7) is 0.0800. The van der Waals surface area contributed by atoms with Gasteiger partial charge in [-0.2, -0.15) is 0 Å². The molecule has 0 unspecified atom stereocenters. The van der Waals surface area contributed by atoms with Gasteiger partial charge in [0.05, 0.1) is 16.8 Å². The lowest BCUT2D eigenvalue weighted by Crippen LogP contribution is -2.23. The number of carbonyl (C=O) groups is 1. The molecule has 0 aliphatic heterocycles. The Bertz CT molecular complexity index is 936. The van der Waals surface area contributed by atoms with E-state index in [2.05, 4.69) is 10.3 Å². The molecule has 0 radical (unpaired) electrons. The van der Waals surface area contributed by atoms with Gasteiger partial charge in [0.2, 0.25) is 0 Å². The Morgan fingerprint density at radius 3 is 2.69 bits per heavy atom. The third-order valence-electron chi connectivity index (χ3n) is 3.49. The van der Waals surface area contributed by atoms with E-state index in [1.807, 2.05) is 0 Å². The SMILES string of the molecule is O=C(NCc1ccc(Oc2cccnc2)c(F)c1)c1ccc(F)cc1Cl. The lowest BCUT2D eigenvalue weighted by Gasteiger charge is -2.10. The number of halogens is 3. The van der Waals surface area contributed by atoms with Crippen molar-refractivity contribution >= 4 is 17.5 Å². The zero-order chi connectivity index (χ0) is 18.5. The maximum absolute atomic E-state index is 14.2. The Morgan fingerprint density at radius 2 is 2.00 bits per heavy atom. The molecule has 3 aromatic rings. The molecule has 0 aliphatic carbocycles. The predicted molar refractivity (Wildman–Crippen MR) is 93.3 cm³/mol. The van der Waals surface area contributed by atoms with Crippen molar-refractivity contribution in [2.45, 2.75) is 6.54 Å². The van der Waals surface area contributed by atoms with E-state index in [4.69, 9.17) is 16.3 Å². The summed E-state index contributed by atoms with van der Waals surface area (Å²) < 4.78 is 32.6. The van der Waals surface area contributed by atoms with Gasteiger partial charge in [-0.25, -0.2) is 8.78 Å². The van der Waals surface area contributed by atoms with Gasteiger partial charge < -0.3 is 10.1 Å². The number of aromatic nitrogens is 1. The Balaban J connectivity index is 1.65. The number of nitrogens with one attached hydrogen (secondary N) is 1. The molecular formula is C19H13ClF2N2O2. The maximum Gasteiger partial charge on any atom is 0.253 e. The quantitative estimate of drug-likeness (QED) is 0.702. The Labute approximate surface area is 153 Å². The van der Waals surface area contributed by atoms with Gasteiger partial charge in [0, 0.05) is 12.7 Å². The first-order valence-corrected chi connectivity index (χ1v) is 8.00. The number of hydrogen-bond donors (Lipinski definition) is 1. The first-order valence-electron chi connectivity index (χ1n) is 7.62. The van der Waals surface area contributed by atoms with Gasteiger partial charge in [-0.3, -0.25) is 9.78 Å². The summed E-state index contributed by atoms with van der Waals surface area (Å²) in [5.41, 5.74) is 0.678. The number of nitrogens with zero attached hydrogens (tertiary/aromatic N) is 1. The highest BCUT2D eigenvalue weighted by Crippen LogP contribution is 2.24. The van der Waals surface area contributed by atoms with Gasteiger partial charge in [-0.15, -0.1) is 0 Å². The molecule has 3 rings (SSSR count). The highest BCUT2D eigenvalue weighted by Gasteiger charge is 2.12. The molecule has 132 valence electrons. The fraction of sp³-hybridized carbons (Fsp3) is 0.0526. The molecular weight excluding hydrogens is 362 g/mol. The zero-order valence-corrected chi connectivity index (χ0v) is 14.1. The van der Waals surface area contributed by atoms with Crippen LogP contribution in [0.25, 0.3) is 0 Å². The van der Waals surface area contributed by atoms with Crippen molar-refractivity contribution in [1.82, 2.24) is 10.3 Å². The van der Waals surface area contributed by atoms with Crippen LogP contribution in [0.4, 0.5) is 8.78 Å². The van der Waals surface area contributed by atoms with Crippen molar-refractivity contribution in [3.8, 4) is 11.5 Å². The van der Waals surface area contributed by atoms with E-state index < -0.39 is 17.5 Å². The molecule has 1 N–H and O–H groups in total. The summed E-state index contributed by atoms with van der Waals surface area (Å²) in [5.74, 6) is -1.11. The summed E-state index contributed by atoms with van der Waals surface area (Å²) in [6, 6.07) is 11.2. The van der Waals surface area contributed by atoms with Crippen molar-refractivity contribution in [3.05, 3.63) is 88.7 Å². The van der Waals surface area contributed by atoms with Gasteiger partial charge in [0.15, 0.2) is 11.6 Å². The van der Waals surface area contributed by atoms with E-state index in [9.17, 15) is 13.6 Å². The molecule has 0 aliphatic rings. The van der Waals surface area contributed by atoms with Crippen LogP contribution in [-0.2, 0) is 6.54 Å². The van der Waals surface area contributed by atoms with Crippen LogP contribution in [0, 0.1) is 11.6 Å². The molecule has 26 heavy (non-hydrogen) atoms. The molecule has 0 bridgehead atoms. The molecule has 0 spiro atoms. The second-order valence-electron chi connectivity index (χ2n) is 5.36. The van der Waals surface area contributed by atoms with Crippen LogP contribution in [0.15, 0.2) is 60.9 Å². The van der Waals surface area contributed by atoms with Gasteiger partial charge in [-0.1, -0.05) is 17.7 Å². The first-order chi connectivity index (χ1) is 12.5. The highest BCUT2D eigenvalue weighted by atomic mass is 35.5.